The van der Waals surface area contributed by atoms with Crippen LogP contribution in [0.5, 0.6) is 0 Å². The van der Waals surface area contributed by atoms with Gasteiger partial charge in [-0.05, 0) is 38.5 Å². The first-order valence-corrected chi connectivity index (χ1v) is 28.5. The van der Waals surface area contributed by atoms with Gasteiger partial charge in [0, 0.05) is 13.0 Å². The Bertz CT molecular complexity index is 1250. The molecule has 0 bridgehead atoms. The van der Waals surface area contributed by atoms with Gasteiger partial charge in [0.1, 0.15) is 30.5 Å². The minimum absolute atomic E-state index is 0.0346. The van der Waals surface area contributed by atoms with E-state index in [1.165, 1.54) is 154 Å². The van der Waals surface area contributed by atoms with Crippen LogP contribution in [-0.2, 0) is 38.3 Å². The highest BCUT2D eigenvalue weighted by Crippen LogP contribution is 2.26. The Morgan fingerprint density at radius 2 is 1.03 bits per heavy atom. The van der Waals surface area contributed by atoms with Gasteiger partial charge in [0.2, 0.25) is 0 Å². The molecule has 1 rings (SSSR count). The topological polar surface area (TPSA) is 178 Å². The van der Waals surface area contributed by atoms with Crippen molar-refractivity contribution in [2.24, 2.45) is 0 Å². The number of hydrogen-bond donors (Lipinski definition) is 4. The van der Waals surface area contributed by atoms with E-state index in [4.69, 9.17) is 18.9 Å². The van der Waals surface area contributed by atoms with Crippen molar-refractivity contribution in [2.45, 2.75) is 282 Å². The minimum Gasteiger partial charge on any atom is -0.457 e. The molecule has 0 amide bonds. The Morgan fingerprint density at radius 1 is 0.576 bits per heavy atom. The number of esters is 1. The predicted octanol–water partition coefficient (Wildman–Crippen LogP) is 12.8. The molecule has 1 aliphatic heterocycles. The van der Waals surface area contributed by atoms with Crippen LogP contribution >= 0.6 is 0 Å². The van der Waals surface area contributed by atoms with E-state index in [-0.39, 0.29) is 19.6 Å². The Hall–Kier alpha value is -1.42. The van der Waals surface area contributed by atoms with E-state index >= 15 is 0 Å². The molecule has 66 heavy (non-hydrogen) atoms. The zero-order valence-electron chi connectivity index (χ0n) is 42.0. The van der Waals surface area contributed by atoms with Gasteiger partial charge in [-0.25, -0.2) is 4.18 Å². The summed E-state index contributed by atoms with van der Waals surface area (Å²) >= 11 is 0. The molecule has 0 aromatic rings. The summed E-state index contributed by atoms with van der Waals surface area (Å²) in [6.45, 7) is 3.95. The Kier molecular flexibility index (Phi) is 42.5. The second kappa shape index (κ2) is 44.8. The standard InChI is InChI=1S/C53H100O12S/c1-3-5-7-9-11-13-15-17-18-19-20-21-22-23-24-25-26-27-28-29-31-33-35-37-39-41-43-61-45-47(46-62-53-51(57)52(65-66(58,59)60)50(56)48(44-54)64-53)63-49(55)42-40-38-36-34-32-30-16-14-12-10-8-6-4-2/h8,10,14,16,47-48,50-54,56-57H,3-7,9,11-13,15,17-46H2,1-2H3,(H,58,59,60)/b10-8-,16-14-. The average molecular weight is 961 g/mol. The predicted molar refractivity (Wildman–Crippen MR) is 267 cm³/mol. The third-order valence-corrected chi connectivity index (χ3v) is 13.0. The van der Waals surface area contributed by atoms with Gasteiger partial charge in [0.25, 0.3) is 0 Å². The fourth-order valence-electron chi connectivity index (χ4n) is 8.48. The molecule has 0 spiro atoms. The molecule has 0 aliphatic carbocycles. The van der Waals surface area contributed by atoms with Crippen molar-refractivity contribution in [2.75, 3.05) is 26.4 Å². The van der Waals surface area contributed by atoms with Crippen molar-refractivity contribution in [3.8, 4) is 0 Å². The van der Waals surface area contributed by atoms with E-state index in [1.807, 2.05) is 0 Å². The lowest BCUT2D eigenvalue weighted by Crippen LogP contribution is -2.60. The minimum atomic E-state index is -5.06. The quantitative estimate of drug-likeness (QED) is 0.0197. The third kappa shape index (κ3) is 37.5. The maximum absolute atomic E-state index is 12.9. The summed E-state index contributed by atoms with van der Waals surface area (Å²) in [4.78, 5) is 12.9. The van der Waals surface area contributed by atoms with E-state index in [2.05, 4.69) is 42.3 Å². The number of allylic oxidation sites excluding steroid dienone is 4. The molecule has 0 radical (unpaired) electrons. The Labute approximate surface area is 403 Å². The number of carbonyl (C=O) groups is 1. The molecule has 0 saturated carbocycles. The van der Waals surface area contributed by atoms with Crippen LogP contribution < -0.4 is 0 Å². The summed E-state index contributed by atoms with van der Waals surface area (Å²) in [6, 6.07) is 0. The van der Waals surface area contributed by atoms with Crippen LogP contribution in [-0.4, -0.2) is 97.5 Å². The fraction of sp³-hybridized carbons (Fsp3) is 0.906. The first-order valence-electron chi connectivity index (χ1n) is 27.1. The van der Waals surface area contributed by atoms with Crippen molar-refractivity contribution in [3.05, 3.63) is 24.3 Å². The van der Waals surface area contributed by atoms with Crippen LogP contribution in [0.4, 0.5) is 0 Å². The molecule has 0 aromatic heterocycles. The fourth-order valence-corrected chi connectivity index (χ4v) is 8.99. The SMILES string of the molecule is CCC/C=C\C/C=C\CCCCCCCC(=O)OC(COCCCCCCCCCCCCCCCCCCCCCCCCCCCC)COC1OC(CO)C(O)C(OS(=O)(=O)O)C1O. The van der Waals surface area contributed by atoms with E-state index in [0.29, 0.717) is 13.0 Å². The van der Waals surface area contributed by atoms with Gasteiger partial charge in [0.05, 0.1) is 19.8 Å². The average Bonchev–Trinajstić information content (AvgIpc) is 3.29. The molecule has 13 heteroatoms. The number of ether oxygens (including phenoxy) is 4. The van der Waals surface area contributed by atoms with Crippen LogP contribution in [0, 0.1) is 0 Å². The highest BCUT2D eigenvalue weighted by atomic mass is 32.3. The molecule has 4 N–H and O–H groups in total. The summed E-state index contributed by atoms with van der Waals surface area (Å²) in [6.07, 6.45) is 43.8. The molecule has 6 atom stereocenters. The lowest BCUT2D eigenvalue weighted by Gasteiger charge is -2.41. The third-order valence-electron chi connectivity index (χ3n) is 12.6. The first-order chi connectivity index (χ1) is 32.1. The lowest BCUT2D eigenvalue weighted by molar-refractivity contribution is -0.301. The Morgan fingerprint density at radius 3 is 1.50 bits per heavy atom. The van der Waals surface area contributed by atoms with Crippen molar-refractivity contribution < 1.29 is 56.2 Å². The summed E-state index contributed by atoms with van der Waals surface area (Å²) in [5, 5.41) is 30.7. The van der Waals surface area contributed by atoms with Gasteiger partial charge in [-0.3, -0.25) is 9.35 Å². The lowest BCUT2D eigenvalue weighted by atomic mass is 9.99. The maximum atomic E-state index is 12.9. The number of hydrogen-bond acceptors (Lipinski definition) is 11. The summed E-state index contributed by atoms with van der Waals surface area (Å²) in [5.41, 5.74) is 0. The molecule has 0 aromatic carbocycles. The van der Waals surface area contributed by atoms with Gasteiger partial charge >= 0.3 is 16.4 Å². The normalized spacial score (nSPS) is 19.6. The summed E-state index contributed by atoms with van der Waals surface area (Å²) < 4.78 is 59.2. The highest BCUT2D eigenvalue weighted by molar-refractivity contribution is 7.80. The number of unbranched alkanes of at least 4 members (excludes halogenated alkanes) is 31. The first kappa shape index (κ1) is 62.6. The van der Waals surface area contributed by atoms with Gasteiger partial charge in [-0.15, -0.1) is 0 Å². The monoisotopic (exact) mass is 961 g/mol. The van der Waals surface area contributed by atoms with Crippen LogP contribution in [0.25, 0.3) is 0 Å². The molecule has 12 nitrogen and oxygen atoms in total. The zero-order valence-corrected chi connectivity index (χ0v) is 42.8. The zero-order chi connectivity index (χ0) is 48.2. The number of carbonyl (C=O) groups excluding carboxylic acids is 1. The Balaban J connectivity index is 2.25. The van der Waals surface area contributed by atoms with Crippen molar-refractivity contribution in [1.82, 2.24) is 0 Å². The molecule has 390 valence electrons. The molecule has 1 saturated heterocycles. The second-order valence-corrected chi connectivity index (χ2v) is 19.9. The van der Waals surface area contributed by atoms with Crippen LogP contribution in [0.15, 0.2) is 24.3 Å². The van der Waals surface area contributed by atoms with Crippen molar-refractivity contribution in [1.29, 1.82) is 0 Å². The van der Waals surface area contributed by atoms with Gasteiger partial charge in [-0.2, -0.15) is 8.42 Å². The van der Waals surface area contributed by atoms with E-state index in [1.54, 1.807) is 0 Å². The smallest absolute Gasteiger partial charge is 0.397 e. The van der Waals surface area contributed by atoms with Gasteiger partial charge in [0.15, 0.2) is 6.29 Å². The van der Waals surface area contributed by atoms with Gasteiger partial charge in [-0.1, -0.05) is 224 Å². The number of aliphatic hydroxyl groups is 3. The van der Waals surface area contributed by atoms with Crippen molar-refractivity contribution in [3.63, 3.8) is 0 Å². The second-order valence-electron chi connectivity index (χ2n) is 18.8. The largest absolute Gasteiger partial charge is 0.457 e. The van der Waals surface area contributed by atoms with E-state index < -0.39 is 59.8 Å². The summed E-state index contributed by atoms with van der Waals surface area (Å²) in [5.74, 6) is -0.409. The number of rotatable bonds is 48. The number of aliphatic hydroxyl groups excluding tert-OH is 3. The van der Waals surface area contributed by atoms with E-state index in [9.17, 15) is 33.1 Å². The molecular formula is C53H100O12S. The van der Waals surface area contributed by atoms with Crippen molar-refractivity contribution >= 4 is 16.4 Å². The van der Waals surface area contributed by atoms with Crippen LogP contribution in [0.1, 0.15) is 245 Å². The molecule has 1 aliphatic rings. The van der Waals surface area contributed by atoms with E-state index in [0.717, 1.165) is 64.2 Å². The van der Waals surface area contributed by atoms with Gasteiger partial charge < -0.3 is 34.3 Å². The molecular weight excluding hydrogens is 861 g/mol. The van der Waals surface area contributed by atoms with Crippen LogP contribution in [0.2, 0.25) is 0 Å². The summed E-state index contributed by atoms with van der Waals surface area (Å²) in [7, 11) is -5.06. The van der Waals surface area contributed by atoms with Crippen LogP contribution in [0.3, 0.4) is 0 Å². The molecule has 6 unspecified atom stereocenters. The highest BCUT2D eigenvalue weighted by Gasteiger charge is 2.48. The molecule has 1 fully saturated rings. The molecule has 1 heterocycles. The maximum Gasteiger partial charge on any atom is 0.397 e.